The fourth-order valence-corrected chi connectivity index (χ4v) is 3.63. The summed E-state index contributed by atoms with van der Waals surface area (Å²) in [6.45, 7) is 0.867. The molecule has 2 amide bonds. The van der Waals surface area contributed by atoms with Gasteiger partial charge in [0, 0.05) is 6.54 Å². The standard InChI is InChI=1S/C16H15N3O4S/c20-13(7-9-3-4-11-12(6-9)23-8-22-11)19-16-18-10-2-1-5-17-15(21)14(10)24-16/h3-4,6H,1-2,5,7-8H2,(H,17,21)(H,18,19,20). The summed E-state index contributed by atoms with van der Waals surface area (Å²) in [5.41, 5.74) is 1.58. The molecule has 0 atom stereocenters. The number of hydrogen-bond donors (Lipinski definition) is 2. The first-order chi connectivity index (χ1) is 11.7. The lowest BCUT2D eigenvalue weighted by Crippen LogP contribution is -2.21. The first-order valence-electron chi connectivity index (χ1n) is 7.65. The van der Waals surface area contributed by atoms with Gasteiger partial charge in [-0.05, 0) is 30.5 Å². The number of aryl methyl sites for hydroxylation is 1. The summed E-state index contributed by atoms with van der Waals surface area (Å²) in [5, 5.41) is 6.06. The Labute approximate surface area is 142 Å². The first-order valence-corrected chi connectivity index (χ1v) is 8.47. The smallest absolute Gasteiger partial charge is 0.263 e. The van der Waals surface area contributed by atoms with Gasteiger partial charge in [0.2, 0.25) is 12.7 Å². The summed E-state index contributed by atoms with van der Waals surface area (Å²) < 4.78 is 10.6. The van der Waals surface area contributed by atoms with Crippen LogP contribution in [0.25, 0.3) is 0 Å². The van der Waals surface area contributed by atoms with Crippen LogP contribution in [0.5, 0.6) is 11.5 Å². The van der Waals surface area contributed by atoms with Gasteiger partial charge in [0.25, 0.3) is 5.91 Å². The van der Waals surface area contributed by atoms with Gasteiger partial charge >= 0.3 is 0 Å². The van der Waals surface area contributed by atoms with E-state index >= 15 is 0 Å². The number of fused-ring (bicyclic) bond motifs is 2. The fraction of sp³-hybridized carbons (Fsp3) is 0.312. The number of ether oxygens (including phenoxy) is 2. The third kappa shape index (κ3) is 2.92. The van der Waals surface area contributed by atoms with E-state index in [0.29, 0.717) is 28.1 Å². The van der Waals surface area contributed by atoms with E-state index in [1.54, 1.807) is 12.1 Å². The van der Waals surface area contributed by atoms with Gasteiger partial charge in [-0.1, -0.05) is 17.4 Å². The molecule has 2 N–H and O–H groups in total. The summed E-state index contributed by atoms with van der Waals surface area (Å²) in [5.74, 6) is 1.04. The molecule has 0 saturated heterocycles. The van der Waals surface area contributed by atoms with Crippen LogP contribution >= 0.6 is 11.3 Å². The van der Waals surface area contributed by atoms with Crippen molar-refractivity contribution in [2.45, 2.75) is 19.3 Å². The van der Waals surface area contributed by atoms with Crippen LogP contribution in [0.15, 0.2) is 18.2 Å². The molecule has 0 radical (unpaired) electrons. The predicted octanol–water partition coefficient (Wildman–Crippen LogP) is 1.73. The molecule has 1 aromatic heterocycles. The molecular formula is C16H15N3O4S. The molecule has 3 heterocycles. The third-order valence-corrected chi connectivity index (χ3v) is 4.84. The summed E-state index contributed by atoms with van der Waals surface area (Å²) in [6, 6.07) is 5.42. The second-order valence-corrected chi connectivity index (χ2v) is 6.57. The Bertz CT molecular complexity index is 818. The van der Waals surface area contributed by atoms with Crippen LogP contribution in [0.2, 0.25) is 0 Å². The Hall–Kier alpha value is -2.61. The van der Waals surface area contributed by atoms with Crippen LogP contribution in [0, 0.1) is 0 Å². The summed E-state index contributed by atoms with van der Waals surface area (Å²) in [6.07, 6.45) is 1.79. The van der Waals surface area contributed by atoms with E-state index in [2.05, 4.69) is 15.6 Å². The molecular weight excluding hydrogens is 330 g/mol. The lowest BCUT2D eigenvalue weighted by atomic mass is 10.1. The number of carbonyl (C=O) groups excluding carboxylic acids is 2. The normalized spacial score (nSPS) is 15.4. The molecule has 0 spiro atoms. The zero-order valence-electron chi connectivity index (χ0n) is 12.8. The van der Waals surface area contributed by atoms with Gasteiger partial charge in [-0.15, -0.1) is 0 Å². The first kappa shape index (κ1) is 14.9. The highest BCUT2D eigenvalue weighted by molar-refractivity contribution is 7.17. The molecule has 0 bridgehead atoms. The van der Waals surface area contributed by atoms with Crippen LogP contribution < -0.4 is 20.1 Å². The number of thiazole rings is 1. The minimum Gasteiger partial charge on any atom is -0.454 e. The molecule has 2 aromatic rings. The minimum absolute atomic E-state index is 0.115. The molecule has 0 aliphatic carbocycles. The van der Waals surface area contributed by atoms with Crippen LogP contribution in [0.4, 0.5) is 5.13 Å². The van der Waals surface area contributed by atoms with Crippen molar-refractivity contribution < 1.29 is 19.1 Å². The Morgan fingerprint density at radius 1 is 1.33 bits per heavy atom. The van der Waals surface area contributed by atoms with Crippen molar-refractivity contribution in [1.82, 2.24) is 10.3 Å². The summed E-state index contributed by atoms with van der Waals surface area (Å²) >= 11 is 1.22. The Kier molecular flexibility index (Phi) is 3.81. The highest BCUT2D eigenvalue weighted by Crippen LogP contribution is 2.32. The number of benzene rings is 1. The van der Waals surface area contributed by atoms with Crippen molar-refractivity contribution in [3.8, 4) is 11.5 Å². The van der Waals surface area contributed by atoms with E-state index in [-0.39, 0.29) is 25.0 Å². The topological polar surface area (TPSA) is 89.6 Å². The number of amides is 2. The molecule has 1 aromatic carbocycles. The Balaban J connectivity index is 1.45. The zero-order chi connectivity index (χ0) is 16.5. The van der Waals surface area contributed by atoms with Crippen molar-refractivity contribution in [2.24, 2.45) is 0 Å². The Morgan fingerprint density at radius 2 is 2.21 bits per heavy atom. The number of hydrogen-bond acceptors (Lipinski definition) is 6. The maximum Gasteiger partial charge on any atom is 0.263 e. The molecule has 124 valence electrons. The van der Waals surface area contributed by atoms with E-state index in [1.165, 1.54) is 11.3 Å². The minimum atomic E-state index is -0.182. The lowest BCUT2D eigenvalue weighted by Gasteiger charge is -2.03. The summed E-state index contributed by atoms with van der Waals surface area (Å²) in [4.78, 5) is 29.1. The van der Waals surface area contributed by atoms with Crippen LogP contribution in [0.1, 0.15) is 27.3 Å². The molecule has 24 heavy (non-hydrogen) atoms. The van der Waals surface area contributed by atoms with Gasteiger partial charge < -0.3 is 20.1 Å². The van der Waals surface area contributed by atoms with Crippen molar-refractivity contribution >= 4 is 28.3 Å². The number of anilines is 1. The number of rotatable bonds is 3. The molecule has 0 saturated carbocycles. The number of nitrogens with zero attached hydrogens (tertiary/aromatic N) is 1. The molecule has 0 unspecified atom stereocenters. The highest BCUT2D eigenvalue weighted by atomic mass is 32.1. The van der Waals surface area contributed by atoms with Crippen LogP contribution in [0.3, 0.4) is 0 Å². The molecule has 4 rings (SSSR count). The van der Waals surface area contributed by atoms with E-state index in [9.17, 15) is 9.59 Å². The summed E-state index contributed by atoms with van der Waals surface area (Å²) in [7, 11) is 0. The van der Waals surface area contributed by atoms with E-state index in [0.717, 1.165) is 24.1 Å². The molecule has 2 aliphatic rings. The third-order valence-electron chi connectivity index (χ3n) is 3.83. The number of nitrogens with one attached hydrogen (secondary N) is 2. The van der Waals surface area contributed by atoms with Gasteiger partial charge in [0.05, 0.1) is 12.1 Å². The van der Waals surface area contributed by atoms with Crippen LogP contribution in [-0.4, -0.2) is 30.1 Å². The van der Waals surface area contributed by atoms with E-state index in [1.807, 2.05) is 6.07 Å². The van der Waals surface area contributed by atoms with Gasteiger partial charge in [0.1, 0.15) is 4.88 Å². The fourth-order valence-electron chi connectivity index (χ4n) is 2.69. The van der Waals surface area contributed by atoms with Gasteiger partial charge in [-0.3, -0.25) is 9.59 Å². The number of aromatic nitrogens is 1. The van der Waals surface area contributed by atoms with Crippen molar-refractivity contribution in [1.29, 1.82) is 0 Å². The quantitative estimate of drug-likeness (QED) is 0.884. The average molecular weight is 345 g/mol. The van der Waals surface area contributed by atoms with Crippen LogP contribution in [-0.2, 0) is 17.6 Å². The maximum atomic E-state index is 12.2. The maximum absolute atomic E-state index is 12.2. The SMILES string of the molecule is O=C(Cc1ccc2c(c1)OCO2)Nc1nc2c(s1)C(=O)NCCC2. The van der Waals surface area contributed by atoms with Gasteiger partial charge in [-0.2, -0.15) is 0 Å². The van der Waals surface area contributed by atoms with Gasteiger partial charge in [0.15, 0.2) is 16.6 Å². The molecule has 0 fully saturated rings. The second kappa shape index (κ2) is 6.12. The molecule has 8 heteroatoms. The average Bonchev–Trinajstić information content (AvgIpc) is 3.14. The zero-order valence-corrected chi connectivity index (χ0v) is 13.6. The highest BCUT2D eigenvalue weighted by Gasteiger charge is 2.21. The van der Waals surface area contributed by atoms with Crippen molar-refractivity contribution in [3.63, 3.8) is 0 Å². The molecule has 7 nitrogen and oxygen atoms in total. The largest absolute Gasteiger partial charge is 0.454 e. The predicted molar refractivity (Wildman–Crippen MR) is 87.7 cm³/mol. The van der Waals surface area contributed by atoms with Crippen molar-refractivity contribution in [3.05, 3.63) is 34.3 Å². The Morgan fingerprint density at radius 3 is 3.12 bits per heavy atom. The molecule has 2 aliphatic heterocycles. The number of carbonyl (C=O) groups is 2. The second-order valence-electron chi connectivity index (χ2n) is 5.57. The van der Waals surface area contributed by atoms with E-state index < -0.39 is 0 Å². The monoisotopic (exact) mass is 345 g/mol. The van der Waals surface area contributed by atoms with E-state index in [4.69, 9.17) is 9.47 Å². The lowest BCUT2D eigenvalue weighted by molar-refractivity contribution is -0.115. The van der Waals surface area contributed by atoms with Gasteiger partial charge in [-0.25, -0.2) is 4.98 Å². The van der Waals surface area contributed by atoms with Crippen molar-refractivity contribution in [2.75, 3.05) is 18.7 Å².